The van der Waals surface area contributed by atoms with E-state index in [0.717, 1.165) is 76.6 Å². The van der Waals surface area contributed by atoms with E-state index in [4.69, 9.17) is 4.98 Å². The number of fused-ring (bicyclic) bond motifs is 8. The normalized spacial score (nSPS) is 12.7. The highest BCUT2D eigenvalue weighted by Gasteiger charge is 2.21. The van der Waals surface area contributed by atoms with Crippen LogP contribution in [0.5, 0.6) is 0 Å². The maximum Gasteiger partial charge on any atom is 0.228 e. The molecule has 8 bridgehead atoms. The first-order chi connectivity index (χ1) is 18.7. The van der Waals surface area contributed by atoms with Crippen LogP contribution in [-0.4, -0.2) is 19.9 Å². The highest BCUT2D eigenvalue weighted by Crippen LogP contribution is 2.34. The Morgan fingerprint density at radius 1 is 0.590 bits per heavy atom. The van der Waals surface area contributed by atoms with Gasteiger partial charge in [0.05, 0.1) is 11.2 Å². The number of hydrogen-bond donors (Lipinski definition) is 3. The van der Waals surface area contributed by atoms with Crippen molar-refractivity contribution in [3.05, 3.63) is 72.7 Å². The van der Waals surface area contributed by atoms with E-state index in [9.17, 15) is 4.79 Å². The van der Waals surface area contributed by atoms with Gasteiger partial charge in [0.25, 0.3) is 0 Å². The largest absolute Gasteiger partial charge is 0.355 e. The van der Waals surface area contributed by atoms with Gasteiger partial charge in [0, 0.05) is 27.6 Å². The van der Waals surface area contributed by atoms with Gasteiger partial charge < -0.3 is 15.0 Å². The number of aromatic amines is 3. The lowest BCUT2D eigenvalue weighted by Gasteiger charge is -2.02. The summed E-state index contributed by atoms with van der Waals surface area (Å²) >= 11 is 0. The number of aryl methyl sites for hydroxylation is 7. The van der Waals surface area contributed by atoms with E-state index in [1.165, 1.54) is 38.9 Å². The van der Waals surface area contributed by atoms with Gasteiger partial charge in [-0.1, -0.05) is 34.6 Å². The van der Waals surface area contributed by atoms with Gasteiger partial charge in [-0.25, -0.2) is 4.98 Å². The van der Waals surface area contributed by atoms with Crippen molar-refractivity contribution in [2.45, 2.75) is 94.4 Å². The molecule has 39 heavy (non-hydrogen) atoms. The van der Waals surface area contributed by atoms with Gasteiger partial charge in [0.2, 0.25) is 5.43 Å². The third-order valence-corrected chi connectivity index (χ3v) is 8.98. The van der Waals surface area contributed by atoms with Crippen molar-refractivity contribution in [3.8, 4) is 0 Å². The molecule has 0 radical (unpaired) electrons. The maximum absolute atomic E-state index is 14.1. The smallest absolute Gasteiger partial charge is 0.228 e. The summed E-state index contributed by atoms with van der Waals surface area (Å²) in [5.41, 5.74) is 18.5. The van der Waals surface area contributed by atoms with Crippen molar-refractivity contribution in [3.63, 3.8) is 0 Å². The minimum Gasteiger partial charge on any atom is -0.355 e. The number of aromatic nitrogens is 4. The molecule has 0 spiro atoms. The molecule has 0 aromatic carbocycles. The fourth-order valence-electron chi connectivity index (χ4n) is 6.75. The lowest BCUT2D eigenvalue weighted by molar-refractivity contribution is 1.13. The maximum atomic E-state index is 14.1. The van der Waals surface area contributed by atoms with Crippen molar-refractivity contribution in [2.24, 2.45) is 0 Å². The zero-order chi connectivity index (χ0) is 28.2. The average Bonchev–Trinajstić information content (AvgIpc) is 3.61. The third kappa shape index (κ3) is 4.05. The van der Waals surface area contributed by atoms with Gasteiger partial charge in [-0.3, -0.25) is 4.79 Å². The van der Waals surface area contributed by atoms with Crippen molar-refractivity contribution in [2.75, 3.05) is 0 Å². The summed E-state index contributed by atoms with van der Waals surface area (Å²) in [7, 11) is 0. The number of hydrogen-bond acceptors (Lipinski definition) is 2. The monoisotopic (exact) mass is 522 g/mol. The highest BCUT2D eigenvalue weighted by molar-refractivity contribution is 5.93. The second-order valence-electron chi connectivity index (χ2n) is 10.9. The summed E-state index contributed by atoms with van der Waals surface area (Å²) in [6, 6.07) is 4.36. The molecular formula is C34H42N4O. The summed E-state index contributed by atoms with van der Waals surface area (Å²) in [5, 5.41) is 0. The molecule has 5 nitrogen and oxygen atoms in total. The van der Waals surface area contributed by atoms with E-state index in [-0.39, 0.29) is 5.43 Å². The zero-order valence-corrected chi connectivity index (χ0v) is 25.0. The summed E-state index contributed by atoms with van der Waals surface area (Å²) in [4.78, 5) is 30.2. The quantitative estimate of drug-likeness (QED) is 0.246. The second-order valence-corrected chi connectivity index (χ2v) is 10.9. The van der Waals surface area contributed by atoms with Crippen LogP contribution in [0.15, 0.2) is 16.9 Å². The first kappa shape index (κ1) is 27.0. The van der Waals surface area contributed by atoms with Crippen LogP contribution in [0, 0.1) is 20.8 Å². The molecule has 1 aliphatic heterocycles. The number of allylic oxidation sites excluding steroid dienone is 2. The number of nitrogens with one attached hydrogen (secondary N) is 3. The molecule has 204 valence electrons. The third-order valence-electron chi connectivity index (χ3n) is 8.98. The fourth-order valence-corrected chi connectivity index (χ4v) is 6.75. The van der Waals surface area contributed by atoms with Crippen molar-refractivity contribution in [1.29, 1.82) is 0 Å². The Morgan fingerprint density at radius 2 is 1.10 bits per heavy atom. The average molecular weight is 523 g/mol. The van der Waals surface area contributed by atoms with Gasteiger partial charge in [-0.2, -0.15) is 0 Å². The molecule has 5 heterocycles. The summed E-state index contributed by atoms with van der Waals surface area (Å²) in [6.45, 7) is 19.6. The Hall–Kier alpha value is -3.60. The Kier molecular flexibility index (Phi) is 7.04. The van der Waals surface area contributed by atoms with E-state index in [1.54, 1.807) is 0 Å². The van der Waals surface area contributed by atoms with Gasteiger partial charge in [0.1, 0.15) is 5.69 Å². The highest BCUT2D eigenvalue weighted by atomic mass is 16.1. The standard InChI is InChI=1S/C34H42N4O/c1-10-21-19(8)30-25(14-5)31-20(9)22(11-2)29(38-31)16-27-18(7)24(13-4)33(36-27)34(39)32-23(12-3)17(6)26(35-32)15-28(21)37-30/h15-16,35,37-38H,10-14H2,1-9H3. The Bertz CT molecular complexity index is 1840. The molecule has 0 fully saturated rings. The van der Waals surface area contributed by atoms with Crippen molar-refractivity contribution >= 4 is 44.2 Å². The summed E-state index contributed by atoms with van der Waals surface area (Å²) in [5.74, 6) is 0. The topological polar surface area (TPSA) is 77.3 Å². The van der Waals surface area contributed by atoms with E-state index in [1.807, 2.05) is 0 Å². The number of nitrogens with zero attached hydrogens (tertiary/aromatic N) is 1. The first-order valence-electron chi connectivity index (χ1n) is 14.6. The van der Waals surface area contributed by atoms with Gasteiger partial charge in [-0.05, 0) is 122 Å². The van der Waals surface area contributed by atoms with Gasteiger partial charge >= 0.3 is 0 Å². The Morgan fingerprint density at radius 3 is 1.62 bits per heavy atom. The molecule has 0 saturated carbocycles. The van der Waals surface area contributed by atoms with Crippen LogP contribution in [0.2, 0.25) is 0 Å². The van der Waals surface area contributed by atoms with Gasteiger partial charge in [0.15, 0.2) is 0 Å². The number of rotatable bonds is 5. The molecule has 0 saturated heterocycles. The molecule has 0 unspecified atom stereocenters. The van der Waals surface area contributed by atoms with Crippen LogP contribution >= 0.6 is 0 Å². The predicted octanol–water partition coefficient (Wildman–Crippen LogP) is 8.40. The minimum absolute atomic E-state index is 0.0129. The first-order valence-corrected chi connectivity index (χ1v) is 14.6. The van der Waals surface area contributed by atoms with Crippen LogP contribution in [0.3, 0.4) is 0 Å². The summed E-state index contributed by atoms with van der Waals surface area (Å²) < 4.78 is 0. The molecule has 5 heteroatoms. The van der Waals surface area contributed by atoms with Crippen LogP contribution in [0.4, 0.5) is 0 Å². The molecule has 0 aliphatic carbocycles. The van der Waals surface area contributed by atoms with Crippen LogP contribution < -0.4 is 5.43 Å². The second kappa shape index (κ2) is 10.2. The molecule has 4 aromatic heterocycles. The van der Waals surface area contributed by atoms with Crippen molar-refractivity contribution < 1.29 is 0 Å². The van der Waals surface area contributed by atoms with E-state index >= 15 is 0 Å². The molecule has 1 aliphatic rings. The molecule has 5 rings (SSSR count). The minimum atomic E-state index is -0.0129. The molecule has 0 atom stereocenters. The Balaban J connectivity index is 2.13. The van der Waals surface area contributed by atoms with Crippen LogP contribution in [0.25, 0.3) is 44.2 Å². The number of H-pyrrole nitrogens is 3. The SMILES string of the molecule is CCC1=C(C)c2cc3[nH]c(c(C)c3CC)c(CC)c3[nH]c(cc4[nH]c(c(CC)c4C)c(=O)c1n2)c(CC)c3C. The van der Waals surface area contributed by atoms with E-state index in [2.05, 4.69) is 89.4 Å². The van der Waals surface area contributed by atoms with Crippen LogP contribution in [0.1, 0.15) is 98.3 Å². The lowest BCUT2D eigenvalue weighted by atomic mass is 10.0. The van der Waals surface area contributed by atoms with Crippen molar-refractivity contribution in [1.82, 2.24) is 19.9 Å². The molecule has 4 aromatic rings. The zero-order valence-electron chi connectivity index (χ0n) is 25.0. The van der Waals surface area contributed by atoms with E-state index < -0.39 is 0 Å². The molecule has 0 amide bonds. The molecular weight excluding hydrogens is 480 g/mol. The summed E-state index contributed by atoms with van der Waals surface area (Å²) in [6.07, 6.45) is 4.31. The van der Waals surface area contributed by atoms with Gasteiger partial charge in [-0.15, -0.1) is 0 Å². The van der Waals surface area contributed by atoms with E-state index in [0.29, 0.717) is 11.2 Å². The fraction of sp³-hybridized carbons (Fsp3) is 0.412. The predicted molar refractivity (Wildman–Crippen MR) is 167 cm³/mol. The van der Waals surface area contributed by atoms with Crippen LogP contribution in [-0.2, 0) is 25.7 Å². The molecule has 3 N–H and O–H groups in total. The lowest BCUT2D eigenvalue weighted by Crippen LogP contribution is -2.08. The Labute approximate surface area is 231 Å².